The highest BCUT2D eigenvalue weighted by Gasteiger charge is 2.28. The monoisotopic (exact) mass is 419 g/mol. The van der Waals surface area contributed by atoms with Crippen molar-refractivity contribution >= 4 is 27.8 Å². The van der Waals surface area contributed by atoms with Crippen LogP contribution in [0.15, 0.2) is 17.6 Å². The number of sulfonamides is 1. The maximum atomic E-state index is 12.5. The Hall–Kier alpha value is -2.55. The minimum Gasteiger partial charge on any atom is -0.465 e. The molecule has 2 aliphatic carbocycles. The Morgan fingerprint density at radius 1 is 1.07 bits per heavy atom. The van der Waals surface area contributed by atoms with E-state index in [0.29, 0.717) is 19.4 Å². The van der Waals surface area contributed by atoms with E-state index in [2.05, 4.69) is 11.4 Å². The van der Waals surface area contributed by atoms with Crippen LogP contribution in [0.2, 0.25) is 0 Å². The number of anilines is 1. The third kappa shape index (κ3) is 4.10. The van der Waals surface area contributed by atoms with Crippen LogP contribution >= 0.6 is 0 Å². The van der Waals surface area contributed by atoms with Gasteiger partial charge in [0, 0.05) is 17.6 Å². The molecule has 1 heterocycles. The fraction of sp³-hybridized carbons (Fsp3) is 0.500. The molecule has 1 unspecified atom stereocenters. The summed E-state index contributed by atoms with van der Waals surface area (Å²) in [6.07, 6.45) is 7.32. The van der Waals surface area contributed by atoms with Crippen molar-refractivity contribution in [3.8, 4) is 0 Å². The molecule has 0 saturated carbocycles. The number of amides is 3. The molecule has 1 saturated heterocycles. The molecule has 4 rings (SSSR count). The van der Waals surface area contributed by atoms with Crippen molar-refractivity contribution in [3.05, 3.63) is 39.8 Å². The predicted molar refractivity (Wildman–Crippen MR) is 108 cm³/mol. The van der Waals surface area contributed by atoms with E-state index in [4.69, 9.17) is 5.11 Å². The van der Waals surface area contributed by atoms with Gasteiger partial charge in [0.2, 0.25) is 0 Å². The number of benzene rings is 1. The number of hydrogen-bond acceptors (Lipinski definition) is 4. The number of carbonyl (C=O) groups is 2. The van der Waals surface area contributed by atoms with Crippen LogP contribution in [0.5, 0.6) is 0 Å². The van der Waals surface area contributed by atoms with Crippen molar-refractivity contribution in [2.45, 2.75) is 57.4 Å². The van der Waals surface area contributed by atoms with E-state index in [1.54, 1.807) is 0 Å². The number of urea groups is 1. The van der Waals surface area contributed by atoms with Crippen molar-refractivity contribution in [2.24, 2.45) is 0 Å². The molecule has 3 amide bonds. The number of fused-ring (bicyclic) bond motifs is 2. The second-order valence-corrected chi connectivity index (χ2v) is 9.42. The average Bonchev–Trinajstić information content (AvgIpc) is 3.39. The summed E-state index contributed by atoms with van der Waals surface area (Å²) in [4.78, 5) is 24.8. The highest BCUT2D eigenvalue weighted by Crippen LogP contribution is 2.38. The lowest BCUT2D eigenvalue weighted by Crippen LogP contribution is -2.35. The number of likely N-dealkylation sites (tertiary alicyclic amines) is 1. The molecule has 0 spiro atoms. The topological polar surface area (TPSA) is 116 Å². The first-order valence-corrected chi connectivity index (χ1v) is 11.6. The number of rotatable bonds is 4. The minimum absolute atomic E-state index is 0.378. The second kappa shape index (κ2) is 7.70. The largest absolute Gasteiger partial charge is 0.465 e. The number of hydrogen-bond donors (Lipinski definition) is 3. The van der Waals surface area contributed by atoms with E-state index in [-0.39, 0.29) is 0 Å². The maximum Gasteiger partial charge on any atom is 0.407 e. The van der Waals surface area contributed by atoms with E-state index in [9.17, 15) is 18.0 Å². The molecule has 1 atom stereocenters. The molecule has 1 fully saturated rings. The van der Waals surface area contributed by atoms with Gasteiger partial charge in [-0.15, -0.1) is 0 Å². The predicted octanol–water partition coefficient (Wildman–Crippen LogP) is 2.77. The lowest BCUT2D eigenvalue weighted by Gasteiger charge is -2.18. The molecule has 156 valence electrons. The number of carbonyl (C=O) groups excluding carboxylic acids is 1. The van der Waals surface area contributed by atoms with Gasteiger partial charge in [-0.3, -0.25) is 0 Å². The molecule has 9 heteroatoms. The third-order valence-corrected chi connectivity index (χ3v) is 6.96. The van der Waals surface area contributed by atoms with Gasteiger partial charge in [-0.25, -0.2) is 22.7 Å². The number of nitrogens with zero attached hydrogens (tertiary/aromatic N) is 1. The number of aryl methyl sites for hydroxylation is 2. The Balaban J connectivity index is 1.46. The fourth-order valence-corrected chi connectivity index (χ4v) is 5.46. The molecule has 1 aromatic rings. The van der Waals surface area contributed by atoms with E-state index < -0.39 is 28.2 Å². The lowest BCUT2D eigenvalue weighted by molar-refractivity contribution is 0.147. The first kappa shape index (κ1) is 19.8. The van der Waals surface area contributed by atoms with E-state index in [1.807, 2.05) is 4.72 Å². The Morgan fingerprint density at radius 2 is 1.72 bits per heavy atom. The Labute approximate surface area is 170 Å². The molecule has 1 aliphatic heterocycles. The van der Waals surface area contributed by atoms with Gasteiger partial charge in [-0.1, -0.05) is 6.07 Å². The SMILES string of the molecule is O=C(Nc1c2c(cc3c1CCC3)CCC2)NS(=O)(=O)/C=C/C1CCCN1C(=O)O. The smallest absolute Gasteiger partial charge is 0.407 e. The zero-order valence-corrected chi connectivity index (χ0v) is 16.9. The molecule has 8 nitrogen and oxygen atoms in total. The molecular formula is C20H25N3O5S. The molecule has 1 aromatic carbocycles. The summed E-state index contributed by atoms with van der Waals surface area (Å²) in [7, 11) is -4.03. The molecule has 3 N–H and O–H groups in total. The van der Waals surface area contributed by atoms with Gasteiger partial charge in [-0.05, 0) is 79.7 Å². The molecule has 0 bridgehead atoms. The normalized spacial score (nSPS) is 20.7. The van der Waals surface area contributed by atoms with Gasteiger partial charge in [0.05, 0.1) is 6.04 Å². The molecule has 0 aromatic heterocycles. The van der Waals surface area contributed by atoms with Gasteiger partial charge >= 0.3 is 12.1 Å². The summed E-state index contributed by atoms with van der Waals surface area (Å²) < 4.78 is 26.6. The van der Waals surface area contributed by atoms with Crippen LogP contribution in [0.3, 0.4) is 0 Å². The van der Waals surface area contributed by atoms with Crippen LogP contribution in [-0.4, -0.2) is 43.1 Å². The Morgan fingerprint density at radius 3 is 2.34 bits per heavy atom. The van der Waals surface area contributed by atoms with Crippen LogP contribution in [-0.2, 0) is 35.7 Å². The third-order valence-electron chi connectivity index (χ3n) is 5.97. The van der Waals surface area contributed by atoms with Crippen molar-refractivity contribution < 1.29 is 23.1 Å². The maximum absolute atomic E-state index is 12.5. The quantitative estimate of drug-likeness (QED) is 0.694. The van der Waals surface area contributed by atoms with Gasteiger partial charge in [0.25, 0.3) is 10.0 Å². The molecule has 3 aliphatic rings. The van der Waals surface area contributed by atoms with Crippen molar-refractivity contribution in [2.75, 3.05) is 11.9 Å². The Bertz CT molecular complexity index is 954. The van der Waals surface area contributed by atoms with E-state index in [0.717, 1.165) is 60.7 Å². The van der Waals surface area contributed by atoms with Crippen LogP contribution in [0.1, 0.15) is 47.9 Å². The summed E-state index contributed by atoms with van der Waals surface area (Å²) in [5.74, 6) is 0. The highest BCUT2D eigenvalue weighted by atomic mass is 32.2. The number of carboxylic acid groups (broad SMARTS) is 1. The summed E-state index contributed by atoms with van der Waals surface area (Å²) in [6.45, 7) is 0.378. The summed E-state index contributed by atoms with van der Waals surface area (Å²) in [6, 6.07) is 0.960. The van der Waals surface area contributed by atoms with Crippen molar-refractivity contribution in [1.29, 1.82) is 0 Å². The van der Waals surface area contributed by atoms with Crippen LogP contribution in [0.4, 0.5) is 15.3 Å². The van der Waals surface area contributed by atoms with Crippen LogP contribution < -0.4 is 10.0 Å². The first-order valence-electron chi connectivity index (χ1n) is 10.0. The van der Waals surface area contributed by atoms with E-state index in [1.165, 1.54) is 22.1 Å². The second-order valence-electron chi connectivity index (χ2n) is 7.85. The molecular weight excluding hydrogens is 394 g/mol. The van der Waals surface area contributed by atoms with Gasteiger partial charge in [0.1, 0.15) is 0 Å². The zero-order valence-electron chi connectivity index (χ0n) is 16.1. The fourth-order valence-electron chi connectivity index (χ4n) is 4.69. The van der Waals surface area contributed by atoms with Crippen molar-refractivity contribution in [1.82, 2.24) is 9.62 Å². The number of nitrogens with one attached hydrogen (secondary N) is 2. The van der Waals surface area contributed by atoms with Gasteiger partial charge < -0.3 is 15.3 Å². The summed E-state index contributed by atoms with van der Waals surface area (Å²) in [5, 5.41) is 12.8. The van der Waals surface area contributed by atoms with Gasteiger partial charge in [-0.2, -0.15) is 0 Å². The summed E-state index contributed by atoms with van der Waals surface area (Å²) in [5.41, 5.74) is 5.52. The van der Waals surface area contributed by atoms with Crippen LogP contribution in [0, 0.1) is 0 Å². The molecule has 29 heavy (non-hydrogen) atoms. The minimum atomic E-state index is -4.03. The Kier molecular flexibility index (Phi) is 5.24. The highest BCUT2D eigenvalue weighted by molar-refractivity contribution is 7.92. The van der Waals surface area contributed by atoms with Crippen LogP contribution in [0.25, 0.3) is 0 Å². The lowest BCUT2D eigenvalue weighted by atomic mass is 9.99. The standard InChI is InChI=1S/C20H25N3O5S/c24-19(22-29(27,28)11-9-15-6-3-10-23(15)20(25)26)21-18-16-7-1-4-13(16)12-14-5-2-8-17(14)18/h9,11-12,15H,1-8,10H2,(H,25,26)(H2,21,22,24)/b11-9+. The summed E-state index contributed by atoms with van der Waals surface area (Å²) >= 11 is 0. The van der Waals surface area contributed by atoms with Gasteiger partial charge in [0.15, 0.2) is 0 Å². The van der Waals surface area contributed by atoms with Crippen molar-refractivity contribution in [3.63, 3.8) is 0 Å². The first-order chi connectivity index (χ1) is 13.8. The van der Waals surface area contributed by atoms with E-state index >= 15 is 0 Å². The zero-order chi connectivity index (χ0) is 20.6. The molecule has 0 radical (unpaired) electrons. The average molecular weight is 420 g/mol.